The zero-order valence-electron chi connectivity index (χ0n) is 52.5. The largest absolute Gasteiger partial charge is 0.462 e. The van der Waals surface area contributed by atoms with E-state index in [0.29, 0.717) is 19.3 Å². The molecule has 0 aliphatic rings. The summed E-state index contributed by atoms with van der Waals surface area (Å²) in [6.07, 6.45) is 84.1. The monoisotopic (exact) mass is 1090 g/mol. The van der Waals surface area contributed by atoms with E-state index in [1.165, 1.54) is 270 Å². The quantitative estimate of drug-likeness (QED) is 0.0261. The summed E-state index contributed by atoms with van der Waals surface area (Å²) >= 11 is 0. The van der Waals surface area contributed by atoms with Crippen LogP contribution in [-0.2, 0) is 28.6 Å². The maximum Gasteiger partial charge on any atom is 0.306 e. The first kappa shape index (κ1) is 75.4. The second-order valence-electron chi connectivity index (χ2n) is 23.4. The van der Waals surface area contributed by atoms with E-state index in [9.17, 15) is 14.4 Å². The zero-order chi connectivity index (χ0) is 56.4. The van der Waals surface area contributed by atoms with E-state index in [4.69, 9.17) is 14.2 Å². The van der Waals surface area contributed by atoms with Crippen molar-refractivity contribution in [2.75, 3.05) is 13.2 Å². The Morgan fingerprint density at radius 1 is 0.256 bits per heavy atom. The van der Waals surface area contributed by atoms with E-state index in [1.54, 1.807) is 0 Å². The van der Waals surface area contributed by atoms with Crippen molar-refractivity contribution in [2.45, 2.75) is 380 Å². The lowest BCUT2D eigenvalue weighted by atomic mass is 10.1. The molecule has 6 heteroatoms. The molecule has 0 aliphatic carbocycles. The lowest BCUT2D eigenvalue weighted by Gasteiger charge is -2.18. The molecule has 78 heavy (non-hydrogen) atoms. The summed E-state index contributed by atoms with van der Waals surface area (Å²) in [5.41, 5.74) is 0. The summed E-state index contributed by atoms with van der Waals surface area (Å²) in [6, 6.07) is 0. The van der Waals surface area contributed by atoms with Crippen molar-refractivity contribution >= 4 is 17.9 Å². The number of esters is 3. The van der Waals surface area contributed by atoms with Crippen LogP contribution < -0.4 is 0 Å². The second-order valence-corrected chi connectivity index (χ2v) is 23.4. The maximum absolute atomic E-state index is 13.0. The molecular formula is C72H132O6. The van der Waals surface area contributed by atoms with Gasteiger partial charge in [-0.2, -0.15) is 0 Å². The van der Waals surface area contributed by atoms with Gasteiger partial charge >= 0.3 is 17.9 Å². The molecule has 0 aliphatic heterocycles. The molecule has 0 aromatic rings. The molecule has 0 saturated carbocycles. The molecule has 1 unspecified atom stereocenters. The van der Waals surface area contributed by atoms with Gasteiger partial charge in [-0.1, -0.05) is 301 Å². The van der Waals surface area contributed by atoms with Crippen molar-refractivity contribution in [3.63, 3.8) is 0 Å². The van der Waals surface area contributed by atoms with Crippen LogP contribution in [0.3, 0.4) is 0 Å². The molecule has 0 N–H and O–H groups in total. The van der Waals surface area contributed by atoms with E-state index in [0.717, 1.165) is 64.2 Å². The average Bonchev–Trinajstić information content (AvgIpc) is 3.44. The number of carbonyl (C=O) groups excluding carboxylic acids is 3. The first-order chi connectivity index (χ1) is 38.5. The van der Waals surface area contributed by atoms with Gasteiger partial charge in [-0.05, 0) is 103 Å². The Hall–Kier alpha value is -2.63. The molecule has 1 atom stereocenters. The Balaban J connectivity index is 4.35. The third kappa shape index (κ3) is 64.2. The Morgan fingerprint density at radius 2 is 0.462 bits per heavy atom. The maximum atomic E-state index is 13.0. The number of hydrogen-bond acceptors (Lipinski definition) is 6. The first-order valence-corrected chi connectivity index (χ1v) is 34.6. The van der Waals surface area contributed by atoms with Gasteiger partial charge < -0.3 is 14.2 Å². The van der Waals surface area contributed by atoms with E-state index in [2.05, 4.69) is 69.4 Å². The summed E-state index contributed by atoms with van der Waals surface area (Å²) in [7, 11) is 0. The average molecular weight is 1090 g/mol. The minimum Gasteiger partial charge on any atom is -0.462 e. The third-order valence-electron chi connectivity index (χ3n) is 15.5. The van der Waals surface area contributed by atoms with Crippen LogP contribution in [0.1, 0.15) is 374 Å². The Bertz CT molecular complexity index is 1350. The van der Waals surface area contributed by atoms with Crippen molar-refractivity contribution in [1.29, 1.82) is 0 Å². The van der Waals surface area contributed by atoms with Gasteiger partial charge in [0.1, 0.15) is 13.2 Å². The molecule has 0 rings (SSSR count). The van der Waals surface area contributed by atoms with Crippen LogP contribution in [0.4, 0.5) is 0 Å². The van der Waals surface area contributed by atoms with Crippen LogP contribution in [0.25, 0.3) is 0 Å². The van der Waals surface area contributed by atoms with Gasteiger partial charge in [0.2, 0.25) is 0 Å². The van der Waals surface area contributed by atoms with Crippen molar-refractivity contribution in [3.05, 3.63) is 48.6 Å². The fraction of sp³-hybridized carbons (Fsp3) is 0.847. The normalized spacial score (nSPS) is 12.3. The van der Waals surface area contributed by atoms with Gasteiger partial charge in [0.15, 0.2) is 6.10 Å². The molecule has 0 amide bonds. The molecular weight excluding hydrogens is 961 g/mol. The molecule has 456 valence electrons. The number of ether oxygens (including phenoxy) is 3. The number of allylic oxidation sites excluding steroid dienone is 8. The van der Waals surface area contributed by atoms with E-state index in [-0.39, 0.29) is 31.1 Å². The molecule has 0 bridgehead atoms. The predicted octanol–water partition coefficient (Wildman–Crippen LogP) is 23.7. The first-order valence-electron chi connectivity index (χ1n) is 34.6. The van der Waals surface area contributed by atoms with Crippen LogP contribution in [0.5, 0.6) is 0 Å². The Kier molecular flexibility index (Phi) is 64.6. The van der Waals surface area contributed by atoms with E-state index in [1.807, 2.05) is 0 Å². The van der Waals surface area contributed by atoms with Gasteiger partial charge in [0.25, 0.3) is 0 Å². The highest BCUT2D eigenvalue weighted by Crippen LogP contribution is 2.17. The standard InChI is InChI=1S/C72H132O6/c1-4-7-10-13-16-19-22-25-28-31-34-36-38-41-44-47-50-53-56-59-62-65-71(74)77-68-69(67-76-70(73)64-61-58-55-52-49-46-43-40-33-30-27-24-21-18-15-12-9-6-3)78-72(75)66-63-60-57-54-51-48-45-42-39-37-35-32-29-26-23-20-17-14-11-8-5-2/h22,25,30-35,69H,4-21,23-24,26-29,36-68H2,1-3H3/b25-22-,33-30-,34-31-,35-32-. The fourth-order valence-corrected chi connectivity index (χ4v) is 10.3. The topological polar surface area (TPSA) is 78.9 Å². The van der Waals surface area contributed by atoms with Gasteiger partial charge in [0, 0.05) is 19.3 Å². The van der Waals surface area contributed by atoms with Crippen LogP contribution >= 0.6 is 0 Å². The molecule has 0 radical (unpaired) electrons. The van der Waals surface area contributed by atoms with Crippen LogP contribution in [-0.4, -0.2) is 37.2 Å². The van der Waals surface area contributed by atoms with Crippen LogP contribution in [0.2, 0.25) is 0 Å². The van der Waals surface area contributed by atoms with E-state index >= 15 is 0 Å². The van der Waals surface area contributed by atoms with Gasteiger partial charge in [-0.3, -0.25) is 14.4 Å². The van der Waals surface area contributed by atoms with Crippen LogP contribution in [0.15, 0.2) is 48.6 Å². The highest BCUT2D eigenvalue weighted by atomic mass is 16.6. The molecule has 0 fully saturated rings. The molecule has 0 heterocycles. The summed E-state index contributed by atoms with van der Waals surface area (Å²) in [4.78, 5) is 38.4. The summed E-state index contributed by atoms with van der Waals surface area (Å²) in [5.74, 6) is -0.861. The lowest BCUT2D eigenvalue weighted by Crippen LogP contribution is -2.30. The highest BCUT2D eigenvalue weighted by Gasteiger charge is 2.19. The highest BCUT2D eigenvalue weighted by molar-refractivity contribution is 5.71. The Morgan fingerprint density at radius 3 is 0.718 bits per heavy atom. The van der Waals surface area contributed by atoms with Crippen molar-refractivity contribution in [1.82, 2.24) is 0 Å². The minimum atomic E-state index is -0.779. The molecule has 0 aromatic heterocycles. The SMILES string of the molecule is CCCCCCC/C=C\C/C=C\CCCCCCCCCCCC(=O)OCC(COC(=O)CCCCCCCCC/C=C\CCCCCCCCC)OC(=O)CCCCCCCCCCC/C=C\CCCCCCCCCC. The number of rotatable bonds is 64. The van der Waals surface area contributed by atoms with Crippen molar-refractivity contribution in [2.24, 2.45) is 0 Å². The van der Waals surface area contributed by atoms with Gasteiger partial charge in [-0.25, -0.2) is 0 Å². The van der Waals surface area contributed by atoms with Crippen LogP contribution in [0, 0.1) is 0 Å². The third-order valence-corrected chi connectivity index (χ3v) is 15.5. The van der Waals surface area contributed by atoms with Gasteiger partial charge in [-0.15, -0.1) is 0 Å². The summed E-state index contributed by atoms with van der Waals surface area (Å²) < 4.78 is 17.0. The van der Waals surface area contributed by atoms with E-state index < -0.39 is 6.10 Å². The number of carbonyl (C=O) groups is 3. The summed E-state index contributed by atoms with van der Waals surface area (Å²) in [6.45, 7) is 6.68. The van der Waals surface area contributed by atoms with Crippen molar-refractivity contribution < 1.29 is 28.6 Å². The minimum absolute atomic E-state index is 0.0748. The Labute approximate surface area is 486 Å². The molecule has 0 spiro atoms. The number of hydrogen-bond donors (Lipinski definition) is 0. The number of unbranched alkanes of at least 4 members (excludes halogenated alkanes) is 45. The van der Waals surface area contributed by atoms with Crippen molar-refractivity contribution in [3.8, 4) is 0 Å². The lowest BCUT2D eigenvalue weighted by molar-refractivity contribution is -0.167. The molecule has 0 aromatic carbocycles. The summed E-state index contributed by atoms with van der Waals surface area (Å²) in [5, 5.41) is 0. The smallest absolute Gasteiger partial charge is 0.306 e. The predicted molar refractivity (Wildman–Crippen MR) is 339 cm³/mol. The second kappa shape index (κ2) is 66.9. The molecule has 0 saturated heterocycles. The molecule has 6 nitrogen and oxygen atoms in total. The van der Waals surface area contributed by atoms with Gasteiger partial charge in [0.05, 0.1) is 0 Å². The fourth-order valence-electron chi connectivity index (χ4n) is 10.3. The zero-order valence-corrected chi connectivity index (χ0v) is 52.5.